The predicted molar refractivity (Wildman–Crippen MR) is 142 cm³/mol. The number of carbonyl (C=O) groups is 1. The van der Waals surface area contributed by atoms with E-state index in [0.717, 1.165) is 21.3 Å². The fourth-order valence-corrected chi connectivity index (χ4v) is 5.82. The molecule has 0 N–H and O–H groups in total. The van der Waals surface area contributed by atoms with Crippen LogP contribution in [0.5, 0.6) is 5.75 Å². The first-order valence-corrected chi connectivity index (χ1v) is 12.7. The molecule has 0 bridgehead atoms. The molecule has 1 atom stereocenters. The average molecular weight is 556 g/mol. The van der Waals surface area contributed by atoms with Crippen LogP contribution in [0.1, 0.15) is 31.0 Å². The van der Waals surface area contributed by atoms with Gasteiger partial charge in [-0.1, -0.05) is 29.5 Å². The Morgan fingerprint density at radius 3 is 2.54 bits per heavy atom. The summed E-state index contributed by atoms with van der Waals surface area (Å²) in [5.74, 6) is 0.207. The molecule has 2 heterocycles. The van der Waals surface area contributed by atoms with Gasteiger partial charge in [0, 0.05) is 18.6 Å². The minimum Gasteiger partial charge on any atom is -0.497 e. The first-order valence-electron chi connectivity index (χ1n) is 11.1. The number of hydrogen-bond acceptors (Lipinski definition) is 7. The molecule has 0 aliphatic carbocycles. The van der Waals surface area contributed by atoms with Crippen LogP contribution in [0.3, 0.4) is 0 Å². The minimum atomic E-state index is -0.652. The number of esters is 1. The Bertz CT molecular complexity index is 1490. The van der Waals surface area contributed by atoms with Gasteiger partial charge in [0.2, 0.25) is 0 Å². The Balaban J connectivity index is 1.90. The molecule has 1 unspecified atom stereocenters. The zero-order valence-corrected chi connectivity index (χ0v) is 22.6. The lowest BCUT2D eigenvalue weighted by molar-refractivity contribution is -0.139. The van der Waals surface area contributed by atoms with Crippen molar-refractivity contribution in [1.29, 1.82) is 0 Å². The molecule has 0 saturated carbocycles. The SMILES string of the molecule is CCOC(=O)C1=C(C)N=c2s/c(=C\c3ccc(N(C)C)c(Br)c3)c(=O)n2C1c1ccc(OC)cc1. The van der Waals surface area contributed by atoms with E-state index in [2.05, 4.69) is 20.9 Å². The molecule has 35 heavy (non-hydrogen) atoms. The highest BCUT2D eigenvalue weighted by Crippen LogP contribution is 2.31. The topological polar surface area (TPSA) is 73.1 Å². The van der Waals surface area contributed by atoms with E-state index in [9.17, 15) is 9.59 Å². The van der Waals surface area contributed by atoms with Crippen molar-refractivity contribution >= 4 is 45.0 Å². The number of ether oxygens (including phenoxy) is 2. The molecule has 0 amide bonds. The van der Waals surface area contributed by atoms with Gasteiger partial charge in [0.15, 0.2) is 4.80 Å². The lowest BCUT2D eigenvalue weighted by atomic mass is 9.96. The van der Waals surface area contributed by atoms with E-state index in [1.807, 2.05) is 67.5 Å². The molecule has 182 valence electrons. The minimum absolute atomic E-state index is 0.211. The number of aromatic nitrogens is 1. The third-order valence-corrected chi connectivity index (χ3v) is 7.32. The van der Waals surface area contributed by atoms with Gasteiger partial charge in [0.25, 0.3) is 5.56 Å². The number of hydrogen-bond donors (Lipinski definition) is 0. The number of carbonyl (C=O) groups excluding carboxylic acids is 1. The van der Waals surface area contributed by atoms with Crippen LogP contribution in [0.25, 0.3) is 6.08 Å². The molecular formula is C26H26BrN3O4S. The van der Waals surface area contributed by atoms with Gasteiger partial charge in [-0.2, -0.15) is 0 Å². The molecule has 0 radical (unpaired) electrons. The Morgan fingerprint density at radius 2 is 1.94 bits per heavy atom. The number of rotatable bonds is 6. The number of methoxy groups -OCH3 is 1. The van der Waals surface area contributed by atoms with Crippen LogP contribution in [-0.4, -0.2) is 38.3 Å². The van der Waals surface area contributed by atoms with E-state index >= 15 is 0 Å². The van der Waals surface area contributed by atoms with Crippen molar-refractivity contribution in [3.8, 4) is 5.75 Å². The largest absolute Gasteiger partial charge is 0.497 e. The molecule has 0 saturated heterocycles. The second-order valence-electron chi connectivity index (χ2n) is 8.18. The maximum absolute atomic E-state index is 13.7. The first kappa shape index (κ1) is 24.9. The van der Waals surface area contributed by atoms with Gasteiger partial charge in [0.1, 0.15) is 5.75 Å². The Morgan fingerprint density at radius 1 is 1.23 bits per heavy atom. The second kappa shape index (κ2) is 10.2. The van der Waals surface area contributed by atoms with Gasteiger partial charge in [-0.15, -0.1) is 0 Å². The van der Waals surface area contributed by atoms with Crippen molar-refractivity contribution < 1.29 is 14.3 Å². The van der Waals surface area contributed by atoms with Crippen molar-refractivity contribution in [2.24, 2.45) is 4.99 Å². The molecule has 3 aromatic rings. The summed E-state index contributed by atoms with van der Waals surface area (Å²) in [7, 11) is 5.54. The van der Waals surface area contributed by atoms with Crippen LogP contribution in [-0.2, 0) is 9.53 Å². The number of thiazole rings is 1. The lowest BCUT2D eigenvalue weighted by Gasteiger charge is -2.24. The van der Waals surface area contributed by atoms with E-state index in [1.165, 1.54) is 11.3 Å². The number of allylic oxidation sites excluding steroid dienone is 1. The molecule has 1 aromatic heterocycles. The average Bonchev–Trinajstić information content (AvgIpc) is 3.12. The van der Waals surface area contributed by atoms with Gasteiger partial charge in [-0.3, -0.25) is 9.36 Å². The van der Waals surface area contributed by atoms with Crippen molar-refractivity contribution in [3.63, 3.8) is 0 Å². The van der Waals surface area contributed by atoms with E-state index in [-0.39, 0.29) is 12.2 Å². The van der Waals surface area contributed by atoms with E-state index in [1.54, 1.807) is 25.5 Å². The van der Waals surface area contributed by atoms with Crippen LogP contribution in [0.2, 0.25) is 0 Å². The van der Waals surface area contributed by atoms with Crippen molar-refractivity contribution in [1.82, 2.24) is 4.57 Å². The fourth-order valence-electron chi connectivity index (χ4n) is 4.02. The van der Waals surface area contributed by atoms with Crippen LogP contribution >= 0.6 is 27.3 Å². The molecular weight excluding hydrogens is 530 g/mol. The number of benzene rings is 2. The summed E-state index contributed by atoms with van der Waals surface area (Å²) in [6.07, 6.45) is 1.85. The van der Waals surface area contributed by atoms with Crippen molar-refractivity contribution in [3.05, 3.63) is 89.0 Å². The van der Waals surface area contributed by atoms with Gasteiger partial charge in [0.05, 0.1) is 41.2 Å². The number of anilines is 1. The Labute approximate surface area is 215 Å². The highest BCUT2D eigenvalue weighted by molar-refractivity contribution is 9.10. The first-order chi connectivity index (χ1) is 16.7. The summed E-state index contributed by atoms with van der Waals surface area (Å²) in [6, 6.07) is 12.6. The molecule has 7 nitrogen and oxygen atoms in total. The van der Waals surface area contributed by atoms with E-state index in [0.29, 0.717) is 26.4 Å². The smallest absolute Gasteiger partial charge is 0.338 e. The number of fused-ring (bicyclic) bond motifs is 1. The van der Waals surface area contributed by atoms with Crippen molar-refractivity contribution in [2.75, 3.05) is 32.7 Å². The number of halogens is 1. The molecule has 1 aliphatic heterocycles. The molecule has 1 aliphatic rings. The maximum Gasteiger partial charge on any atom is 0.338 e. The van der Waals surface area contributed by atoms with Gasteiger partial charge < -0.3 is 14.4 Å². The second-order valence-corrected chi connectivity index (χ2v) is 10.0. The highest BCUT2D eigenvalue weighted by atomic mass is 79.9. The summed E-state index contributed by atoms with van der Waals surface area (Å²) in [4.78, 5) is 33.8. The summed E-state index contributed by atoms with van der Waals surface area (Å²) in [5.41, 5.74) is 3.38. The third-order valence-electron chi connectivity index (χ3n) is 5.70. The van der Waals surface area contributed by atoms with Crippen LogP contribution in [0.4, 0.5) is 5.69 Å². The van der Waals surface area contributed by atoms with Crippen LogP contribution in [0.15, 0.2) is 68.0 Å². The Kier molecular flexibility index (Phi) is 7.28. The molecule has 0 spiro atoms. The summed E-state index contributed by atoms with van der Waals surface area (Å²) in [5, 5.41) is 0. The van der Waals surface area contributed by atoms with Gasteiger partial charge >= 0.3 is 5.97 Å². The van der Waals surface area contributed by atoms with Gasteiger partial charge in [-0.25, -0.2) is 9.79 Å². The van der Waals surface area contributed by atoms with Crippen molar-refractivity contribution in [2.45, 2.75) is 19.9 Å². The molecule has 4 rings (SSSR count). The van der Waals surface area contributed by atoms with E-state index in [4.69, 9.17) is 9.47 Å². The molecule has 9 heteroatoms. The molecule has 2 aromatic carbocycles. The molecule has 0 fully saturated rings. The normalized spacial score (nSPS) is 15.5. The summed E-state index contributed by atoms with van der Waals surface area (Å²) < 4.78 is 13.7. The van der Waals surface area contributed by atoms with Gasteiger partial charge in [-0.05, 0) is 71.2 Å². The lowest BCUT2D eigenvalue weighted by Crippen LogP contribution is -2.39. The quantitative estimate of drug-likeness (QED) is 0.434. The monoisotopic (exact) mass is 555 g/mol. The zero-order chi connectivity index (χ0) is 25.3. The van der Waals surface area contributed by atoms with Crippen LogP contribution < -0.4 is 24.5 Å². The summed E-state index contributed by atoms with van der Waals surface area (Å²) in [6.45, 7) is 3.76. The Hall–Kier alpha value is -3.17. The van der Waals surface area contributed by atoms with Crippen LogP contribution in [0, 0.1) is 0 Å². The highest BCUT2D eigenvalue weighted by Gasteiger charge is 2.33. The summed E-state index contributed by atoms with van der Waals surface area (Å²) >= 11 is 4.91. The maximum atomic E-state index is 13.7. The fraction of sp³-hybridized carbons (Fsp3) is 0.269. The zero-order valence-electron chi connectivity index (χ0n) is 20.2. The standard InChI is InChI=1S/C26H26BrN3O4S/c1-6-34-25(32)22-15(2)28-26-30(23(22)17-8-10-18(33-5)11-9-17)24(31)21(35-26)14-16-7-12-20(29(3)4)19(27)13-16/h7-14,23H,6H2,1-5H3/b21-14-. The number of nitrogens with zero attached hydrogens (tertiary/aromatic N) is 3. The predicted octanol–water partition coefficient (Wildman–Crippen LogP) is 3.64. The third kappa shape index (κ3) is 4.83. The van der Waals surface area contributed by atoms with E-state index < -0.39 is 12.0 Å².